The van der Waals surface area contributed by atoms with Crippen molar-refractivity contribution in [2.24, 2.45) is 11.7 Å². The van der Waals surface area contributed by atoms with Crippen molar-refractivity contribution in [3.05, 3.63) is 0 Å². The van der Waals surface area contributed by atoms with E-state index in [9.17, 15) is 4.79 Å². The first-order valence-corrected chi connectivity index (χ1v) is 6.86. The van der Waals surface area contributed by atoms with E-state index in [0.717, 1.165) is 32.5 Å². The van der Waals surface area contributed by atoms with Crippen LogP contribution in [0.1, 0.15) is 26.2 Å². The molecule has 0 saturated carbocycles. The Labute approximate surface area is 110 Å². The number of piperidine rings is 1. The summed E-state index contributed by atoms with van der Waals surface area (Å²) in [5, 5.41) is 3.12. The fourth-order valence-electron chi connectivity index (χ4n) is 2.43. The molecule has 0 spiro atoms. The number of methoxy groups -OCH3 is 1. The molecule has 0 bridgehead atoms. The van der Waals surface area contributed by atoms with Crippen LogP contribution < -0.4 is 11.1 Å². The van der Waals surface area contributed by atoms with E-state index in [4.69, 9.17) is 10.5 Å². The predicted octanol–water partition coefficient (Wildman–Crippen LogP) is 0.198. The molecule has 106 valence electrons. The second-order valence-electron chi connectivity index (χ2n) is 5.24. The molecule has 1 aliphatic heterocycles. The quantitative estimate of drug-likeness (QED) is 0.683. The Bertz CT molecular complexity index is 240. The van der Waals surface area contributed by atoms with Gasteiger partial charge in [0.25, 0.3) is 0 Å². The average molecular weight is 257 g/mol. The lowest BCUT2D eigenvalue weighted by molar-refractivity contribution is -0.123. The lowest BCUT2D eigenvalue weighted by Crippen LogP contribution is -2.46. The molecule has 1 saturated heterocycles. The molecule has 5 nitrogen and oxygen atoms in total. The first kappa shape index (κ1) is 15.4. The van der Waals surface area contributed by atoms with Crippen molar-refractivity contribution < 1.29 is 9.53 Å². The van der Waals surface area contributed by atoms with Crippen LogP contribution in [0.4, 0.5) is 0 Å². The van der Waals surface area contributed by atoms with Gasteiger partial charge in [0, 0.05) is 52.4 Å². The number of nitrogens with zero attached hydrogens (tertiary/aromatic N) is 1. The van der Waals surface area contributed by atoms with Crippen LogP contribution in [0, 0.1) is 5.92 Å². The van der Waals surface area contributed by atoms with Gasteiger partial charge in [-0.3, -0.25) is 4.79 Å². The van der Waals surface area contributed by atoms with Gasteiger partial charge in [-0.25, -0.2) is 0 Å². The number of nitrogens with one attached hydrogen (secondary N) is 1. The molecule has 0 aliphatic carbocycles. The van der Waals surface area contributed by atoms with E-state index in [1.165, 1.54) is 0 Å². The van der Waals surface area contributed by atoms with E-state index >= 15 is 0 Å². The fraction of sp³-hybridized carbons (Fsp3) is 0.923. The number of carbonyl (C=O) groups is 1. The van der Waals surface area contributed by atoms with Crippen molar-refractivity contribution in [3.8, 4) is 0 Å². The SMILES string of the molecule is COCC(C)CC(=O)NC1CCN(CCN)CC1. The zero-order valence-electron chi connectivity index (χ0n) is 11.7. The number of nitrogens with two attached hydrogens (primary N) is 1. The first-order valence-electron chi connectivity index (χ1n) is 6.86. The second-order valence-corrected chi connectivity index (χ2v) is 5.24. The Morgan fingerprint density at radius 3 is 2.72 bits per heavy atom. The van der Waals surface area contributed by atoms with Gasteiger partial charge < -0.3 is 20.7 Å². The smallest absolute Gasteiger partial charge is 0.220 e. The summed E-state index contributed by atoms with van der Waals surface area (Å²) in [5.41, 5.74) is 5.53. The number of ether oxygens (including phenoxy) is 1. The van der Waals surface area contributed by atoms with Gasteiger partial charge in [0.2, 0.25) is 5.91 Å². The molecule has 0 aromatic heterocycles. The topological polar surface area (TPSA) is 67.6 Å². The van der Waals surface area contributed by atoms with Crippen LogP contribution in [0.3, 0.4) is 0 Å². The molecule has 1 heterocycles. The standard InChI is InChI=1S/C13H27N3O2/c1-11(10-18-2)9-13(17)15-12-3-6-16(7-4-12)8-5-14/h11-12H,3-10,14H2,1-2H3,(H,15,17). The third-order valence-corrected chi connectivity index (χ3v) is 3.38. The normalized spacial score (nSPS) is 19.7. The van der Waals surface area contributed by atoms with Crippen LogP contribution in [0.2, 0.25) is 0 Å². The highest BCUT2D eigenvalue weighted by molar-refractivity contribution is 5.76. The number of rotatable bonds is 7. The third kappa shape index (κ3) is 5.80. The van der Waals surface area contributed by atoms with E-state index in [-0.39, 0.29) is 11.8 Å². The summed E-state index contributed by atoms with van der Waals surface area (Å²) in [5.74, 6) is 0.434. The number of hydrogen-bond donors (Lipinski definition) is 2. The van der Waals surface area contributed by atoms with Crippen LogP contribution >= 0.6 is 0 Å². The van der Waals surface area contributed by atoms with Crippen molar-refractivity contribution in [3.63, 3.8) is 0 Å². The van der Waals surface area contributed by atoms with Crippen molar-refractivity contribution in [2.45, 2.75) is 32.2 Å². The minimum atomic E-state index is 0.150. The Hall–Kier alpha value is -0.650. The number of likely N-dealkylation sites (tertiary alicyclic amines) is 1. The van der Waals surface area contributed by atoms with Gasteiger partial charge in [0.05, 0.1) is 0 Å². The molecule has 5 heteroatoms. The van der Waals surface area contributed by atoms with Gasteiger partial charge in [-0.15, -0.1) is 0 Å². The van der Waals surface area contributed by atoms with Gasteiger partial charge >= 0.3 is 0 Å². The summed E-state index contributed by atoms with van der Waals surface area (Å²) in [7, 11) is 1.67. The summed E-state index contributed by atoms with van der Waals surface area (Å²) in [6, 6.07) is 0.335. The Balaban J connectivity index is 2.18. The molecule has 3 N–H and O–H groups in total. The molecule has 1 amide bonds. The molecule has 0 radical (unpaired) electrons. The summed E-state index contributed by atoms with van der Waals surface area (Å²) < 4.78 is 5.04. The molecule has 1 aliphatic rings. The predicted molar refractivity (Wildman–Crippen MR) is 72.3 cm³/mol. The van der Waals surface area contributed by atoms with Crippen LogP contribution in [0.25, 0.3) is 0 Å². The molecule has 1 atom stereocenters. The zero-order chi connectivity index (χ0) is 13.4. The molecule has 1 rings (SSSR count). The molecule has 0 aromatic rings. The highest BCUT2D eigenvalue weighted by Gasteiger charge is 2.20. The second kappa shape index (κ2) is 8.45. The summed E-state index contributed by atoms with van der Waals surface area (Å²) >= 11 is 0. The Morgan fingerprint density at radius 2 is 2.17 bits per heavy atom. The molecular weight excluding hydrogens is 230 g/mol. The minimum absolute atomic E-state index is 0.150. The molecular formula is C13H27N3O2. The zero-order valence-corrected chi connectivity index (χ0v) is 11.7. The maximum atomic E-state index is 11.8. The third-order valence-electron chi connectivity index (χ3n) is 3.38. The van der Waals surface area contributed by atoms with Gasteiger partial charge in [-0.1, -0.05) is 6.92 Å². The molecule has 1 unspecified atom stereocenters. The number of hydrogen-bond acceptors (Lipinski definition) is 4. The summed E-state index contributed by atoms with van der Waals surface area (Å²) in [6.07, 6.45) is 2.62. The molecule has 0 aromatic carbocycles. The molecule has 1 fully saturated rings. The maximum Gasteiger partial charge on any atom is 0.220 e. The minimum Gasteiger partial charge on any atom is -0.384 e. The van der Waals surface area contributed by atoms with Crippen LogP contribution in [0.5, 0.6) is 0 Å². The lowest BCUT2D eigenvalue weighted by Gasteiger charge is -2.32. The van der Waals surface area contributed by atoms with E-state index < -0.39 is 0 Å². The van der Waals surface area contributed by atoms with E-state index in [2.05, 4.69) is 10.2 Å². The van der Waals surface area contributed by atoms with Gasteiger partial charge in [0.15, 0.2) is 0 Å². The van der Waals surface area contributed by atoms with Crippen molar-refractivity contribution in [1.82, 2.24) is 10.2 Å². The Kier molecular flexibility index (Phi) is 7.23. The summed E-state index contributed by atoms with van der Waals surface area (Å²) in [4.78, 5) is 14.2. The van der Waals surface area contributed by atoms with Crippen molar-refractivity contribution in [2.75, 3.05) is 39.9 Å². The van der Waals surface area contributed by atoms with Gasteiger partial charge in [-0.2, -0.15) is 0 Å². The highest BCUT2D eigenvalue weighted by atomic mass is 16.5. The maximum absolute atomic E-state index is 11.8. The van der Waals surface area contributed by atoms with E-state index in [1.54, 1.807) is 7.11 Å². The van der Waals surface area contributed by atoms with Crippen LogP contribution in [-0.4, -0.2) is 56.7 Å². The monoisotopic (exact) mass is 257 g/mol. The van der Waals surface area contributed by atoms with Crippen LogP contribution in [0.15, 0.2) is 0 Å². The van der Waals surface area contributed by atoms with Gasteiger partial charge in [-0.05, 0) is 18.8 Å². The number of carbonyl (C=O) groups excluding carboxylic acids is 1. The van der Waals surface area contributed by atoms with Gasteiger partial charge in [0.1, 0.15) is 0 Å². The average Bonchev–Trinajstić information content (AvgIpc) is 2.32. The van der Waals surface area contributed by atoms with E-state index in [1.807, 2.05) is 6.92 Å². The van der Waals surface area contributed by atoms with Crippen molar-refractivity contribution in [1.29, 1.82) is 0 Å². The Morgan fingerprint density at radius 1 is 1.50 bits per heavy atom. The van der Waals surface area contributed by atoms with Crippen LogP contribution in [-0.2, 0) is 9.53 Å². The first-order chi connectivity index (χ1) is 8.65. The molecule has 18 heavy (non-hydrogen) atoms. The highest BCUT2D eigenvalue weighted by Crippen LogP contribution is 2.10. The largest absolute Gasteiger partial charge is 0.384 e. The fourth-order valence-corrected chi connectivity index (χ4v) is 2.43. The van der Waals surface area contributed by atoms with Crippen molar-refractivity contribution >= 4 is 5.91 Å². The van der Waals surface area contributed by atoms with E-state index in [0.29, 0.717) is 25.6 Å². The lowest BCUT2D eigenvalue weighted by atomic mass is 10.0. The number of amides is 1. The summed E-state index contributed by atoms with van der Waals surface area (Å²) in [6.45, 7) is 6.43.